The number of hydrogen-bond acceptors (Lipinski definition) is 3. The summed E-state index contributed by atoms with van der Waals surface area (Å²) < 4.78 is 2.37. The van der Waals surface area contributed by atoms with Gasteiger partial charge in [-0.05, 0) is 61.9 Å². The minimum absolute atomic E-state index is 0.118. The van der Waals surface area contributed by atoms with Gasteiger partial charge >= 0.3 is 0 Å². The minimum atomic E-state index is 0.118. The third kappa shape index (κ3) is 5.36. The molecule has 1 aliphatic carbocycles. The van der Waals surface area contributed by atoms with Crippen molar-refractivity contribution in [3.8, 4) is 0 Å². The van der Waals surface area contributed by atoms with Crippen molar-refractivity contribution in [2.24, 2.45) is 5.92 Å². The van der Waals surface area contributed by atoms with E-state index in [1.807, 2.05) is 0 Å². The molecule has 1 aromatic rings. The molecule has 138 valence electrons. The van der Waals surface area contributed by atoms with E-state index in [1.54, 1.807) is 11.9 Å². The molecule has 1 saturated heterocycles. The summed E-state index contributed by atoms with van der Waals surface area (Å²) in [4.78, 5) is 13.9. The van der Waals surface area contributed by atoms with Gasteiger partial charge in [-0.3, -0.25) is 4.79 Å². The molecule has 0 spiro atoms. The van der Waals surface area contributed by atoms with Crippen LogP contribution in [0.5, 0.6) is 0 Å². The second-order valence-electron chi connectivity index (χ2n) is 6.99. The van der Waals surface area contributed by atoms with Crippen molar-refractivity contribution in [2.75, 3.05) is 13.1 Å². The van der Waals surface area contributed by atoms with Crippen LogP contribution in [0.1, 0.15) is 38.2 Å². The second kappa shape index (κ2) is 9.24. The lowest BCUT2D eigenvalue weighted by molar-refractivity contribution is -0.125. The van der Waals surface area contributed by atoms with Crippen molar-refractivity contribution in [2.45, 2.75) is 44.4 Å². The standard InChI is InChI=1S/C22H28N2OS/c1-3-18-5-4-6-20(10-9-18)23-22(25)19-13-15-24(16-14-19)26-21-11-7-17(2)8-12-21/h4-5,7-12,19H,3,6,13-16H2,1-2H3,(H,23,25). The van der Waals surface area contributed by atoms with Crippen LogP contribution in [0.15, 0.2) is 64.7 Å². The smallest absolute Gasteiger partial charge is 0.227 e. The molecule has 1 fully saturated rings. The van der Waals surface area contributed by atoms with Gasteiger partial charge in [0.1, 0.15) is 0 Å². The molecule has 26 heavy (non-hydrogen) atoms. The molecular formula is C22H28N2OS. The van der Waals surface area contributed by atoms with Crippen molar-refractivity contribution in [1.29, 1.82) is 0 Å². The predicted octanol–water partition coefficient (Wildman–Crippen LogP) is 5.01. The number of rotatable bonds is 5. The van der Waals surface area contributed by atoms with Crippen molar-refractivity contribution in [1.82, 2.24) is 9.62 Å². The zero-order chi connectivity index (χ0) is 18.4. The molecule has 1 aliphatic heterocycles. The van der Waals surface area contributed by atoms with Gasteiger partial charge in [0.2, 0.25) is 5.91 Å². The molecule has 3 rings (SSSR count). The SMILES string of the molecule is CCC1=CC=C(NC(=O)C2CCN(Sc3ccc(C)cc3)CC2)CC=C1. The fourth-order valence-electron chi connectivity index (χ4n) is 3.21. The lowest BCUT2D eigenvalue weighted by Crippen LogP contribution is -2.37. The van der Waals surface area contributed by atoms with Gasteiger partial charge < -0.3 is 5.32 Å². The average molecular weight is 369 g/mol. The largest absolute Gasteiger partial charge is 0.329 e. The molecule has 2 aliphatic rings. The maximum Gasteiger partial charge on any atom is 0.227 e. The molecule has 0 unspecified atom stereocenters. The summed E-state index contributed by atoms with van der Waals surface area (Å²) in [5.74, 6) is 0.297. The normalized spacial score (nSPS) is 18.8. The molecule has 3 nitrogen and oxygen atoms in total. The van der Waals surface area contributed by atoms with Gasteiger partial charge in [0.15, 0.2) is 0 Å². The summed E-state index contributed by atoms with van der Waals surface area (Å²) in [6.45, 7) is 6.16. The highest BCUT2D eigenvalue weighted by Gasteiger charge is 2.25. The first-order valence-corrected chi connectivity index (χ1v) is 10.3. The second-order valence-corrected chi connectivity index (χ2v) is 8.16. The van der Waals surface area contributed by atoms with Crippen molar-refractivity contribution in [3.63, 3.8) is 0 Å². The first-order chi connectivity index (χ1) is 12.6. The van der Waals surface area contributed by atoms with Crippen LogP contribution in [0.4, 0.5) is 0 Å². The minimum Gasteiger partial charge on any atom is -0.329 e. The molecular weight excluding hydrogens is 340 g/mol. The Morgan fingerprint density at radius 2 is 1.92 bits per heavy atom. The number of benzene rings is 1. The van der Waals surface area contributed by atoms with E-state index >= 15 is 0 Å². The first-order valence-electron chi connectivity index (χ1n) is 9.50. The molecule has 0 saturated carbocycles. The zero-order valence-electron chi connectivity index (χ0n) is 15.7. The Kier molecular flexibility index (Phi) is 6.75. The van der Waals surface area contributed by atoms with Gasteiger partial charge in [0.05, 0.1) is 0 Å². The van der Waals surface area contributed by atoms with Gasteiger partial charge in [-0.15, -0.1) is 0 Å². The number of hydrogen-bond donors (Lipinski definition) is 1. The maximum absolute atomic E-state index is 12.6. The Bertz CT molecular complexity index is 710. The number of nitrogens with zero attached hydrogens (tertiary/aromatic N) is 1. The van der Waals surface area contributed by atoms with E-state index < -0.39 is 0 Å². The predicted molar refractivity (Wildman–Crippen MR) is 110 cm³/mol. The Morgan fingerprint density at radius 1 is 1.19 bits per heavy atom. The molecule has 0 radical (unpaired) electrons. The van der Waals surface area contributed by atoms with Gasteiger partial charge in [-0.1, -0.05) is 42.8 Å². The fourth-order valence-corrected chi connectivity index (χ4v) is 4.16. The van der Waals surface area contributed by atoms with Gasteiger partial charge in [0.25, 0.3) is 0 Å². The highest BCUT2D eigenvalue weighted by Crippen LogP contribution is 2.28. The Hall–Kier alpha value is -1.78. The molecule has 4 heteroatoms. The van der Waals surface area contributed by atoms with Crippen molar-refractivity contribution >= 4 is 17.9 Å². The maximum atomic E-state index is 12.6. The summed E-state index contributed by atoms with van der Waals surface area (Å²) in [6.07, 6.45) is 12.1. The van der Waals surface area contributed by atoms with Crippen LogP contribution < -0.4 is 5.32 Å². The van der Waals surface area contributed by atoms with E-state index in [0.29, 0.717) is 0 Å². The fraction of sp³-hybridized carbons (Fsp3) is 0.409. The van der Waals surface area contributed by atoms with E-state index in [4.69, 9.17) is 0 Å². The lowest BCUT2D eigenvalue weighted by Gasteiger charge is -2.30. The van der Waals surface area contributed by atoms with Crippen LogP contribution in [0.3, 0.4) is 0 Å². The van der Waals surface area contributed by atoms with Crippen LogP contribution in [0, 0.1) is 12.8 Å². The van der Waals surface area contributed by atoms with E-state index in [0.717, 1.165) is 44.5 Å². The number of amides is 1. The van der Waals surface area contributed by atoms with E-state index in [2.05, 4.69) is 72.0 Å². The third-order valence-electron chi connectivity index (χ3n) is 4.94. The van der Waals surface area contributed by atoms with Crippen LogP contribution in [0.2, 0.25) is 0 Å². The summed E-state index contributed by atoms with van der Waals surface area (Å²) in [6, 6.07) is 8.64. The van der Waals surface area contributed by atoms with E-state index in [9.17, 15) is 4.79 Å². The van der Waals surface area contributed by atoms with Crippen molar-refractivity contribution in [3.05, 3.63) is 65.4 Å². The van der Waals surface area contributed by atoms with Crippen LogP contribution in [-0.4, -0.2) is 23.3 Å². The van der Waals surface area contributed by atoms with Crippen LogP contribution in [-0.2, 0) is 4.79 Å². The summed E-state index contributed by atoms with van der Waals surface area (Å²) >= 11 is 1.80. The summed E-state index contributed by atoms with van der Waals surface area (Å²) in [5, 5.41) is 3.14. The third-order valence-corrected chi connectivity index (χ3v) is 6.05. The topological polar surface area (TPSA) is 32.3 Å². The van der Waals surface area contributed by atoms with Gasteiger partial charge in [-0.25, -0.2) is 4.31 Å². The van der Waals surface area contributed by atoms with E-state index in [1.165, 1.54) is 16.0 Å². The molecule has 1 heterocycles. The molecule has 1 amide bonds. The highest BCUT2D eigenvalue weighted by atomic mass is 32.2. The van der Waals surface area contributed by atoms with Crippen LogP contribution in [0.25, 0.3) is 0 Å². The van der Waals surface area contributed by atoms with Crippen LogP contribution >= 0.6 is 11.9 Å². The molecule has 0 aromatic heterocycles. The quantitative estimate of drug-likeness (QED) is 0.742. The molecule has 0 bridgehead atoms. The first kappa shape index (κ1) is 19.0. The Balaban J connectivity index is 1.47. The Labute approximate surface area is 161 Å². The number of carbonyl (C=O) groups is 1. The van der Waals surface area contributed by atoms with Gasteiger partial charge in [-0.2, -0.15) is 0 Å². The molecule has 0 atom stereocenters. The highest BCUT2D eigenvalue weighted by molar-refractivity contribution is 7.97. The number of allylic oxidation sites excluding steroid dienone is 5. The average Bonchev–Trinajstić information content (AvgIpc) is 2.89. The summed E-state index contributed by atoms with van der Waals surface area (Å²) in [7, 11) is 0. The number of aryl methyl sites for hydroxylation is 1. The zero-order valence-corrected chi connectivity index (χ0v) is 16.5. The number of nitrogens with one attached hydrogen (secondary N) is 1. The van der Waals surface area contributed by atoms with Gasteiger partial charge in [0, 0.05) is 36.0 Å². The van der Waals surface area contributed by atoms with Crippen molar-refractivity contribution < 1.29 is 4.79 Å². The lowest BCUT2D eigenvalue weighted by atomic mass is 9.97. The number of piperidine rings is 1. The molecule has 1 aromatic carbocycles. The van der Waals surface area contributed by atoms with E-state index in [-0.39, 0.29) is 11.8 Å². The monoisotopic (exact) mass is 368 g/mol. The number of carbonyl (C=O) groups excluding carboxylic acids is 1. The summed E-state index contributed by atoms with van der Waals surface area (Å²) in [5.41, 5.74) is 3.59. The molecule has 1 N–H and O–H groups in total. The Morgan fingerprint density at radius 3 is 2.62 bits per heavy atom.